The number of rotatable bonds is 3. The van der Waals surface area contributed by atoms with Gasteiger partial charge in [-0.25, -0.2) is 19.1 Å². The molecule has 1 aromatic heterocycles. The van der Waals surface area contributed by atoms with Crippen molar-refractivity contribution >= 4 is 33.0 Å². The Hall–Kier alpha value is -1.81. The third kappa shape index (κ3) is 3.40. The van der Waals surface area contributed by atoms with E-state index in [1.165, 1.54) is 16.7 Å². The van der Waals surface area contributed by atoms with E-state index in [9.17, 15) is 14.1 Å². The molecule has 27 heavy (non-hydrogen) atoms. The number of nitrogens with one attached hydrogen (secondary N) is 1. The molecule has 0 spiro atoms. The van der Waals surface area contributed by atoms with Crippen molar-refractivity contribution in [2.24, 2.45) is 9.50 Å². The highest BCUT2D eigenvalue weighted by atomic mass is 32.2. The van der Waals surface area contributed by atoms with Gasteiger partial charge in [0.25, 0.3) is 0 Å². The van der Waals surface area contributed by atoms with Crippen LogP contribution in [0.4, 0.5) is 10.5 Å². The Morgan fingerprint density at radius 1 is 1.30 bits per heavy atom. The van der Waals surface area contributed by atoms with Gasteiger partial charge < -0.3 is 10.4 Å². The first-order valence-corrected chi connectivity index (χ1v) is 11.3. The lowest BCUT2D eigenvalue weighted by molar-refractivity contribution is 0.0741. The van der Waals surface area contributed by atoms with Crippen molar-refractivity contribution in [3.63, 3.8) is 0 Å². The van der Waals surface area contributed by atoms with Crippen LogP contribution in [0.3, 0.4) is 0 Å². The van der Waals surface area contributed by atoms with Crippen LogP contribution in [0.2, 0.25) is 0 Å². The summed E-state index contributed by atoms with van der Waals surface area (Å²) in [6.45, 7) is 3.14. The van der Waals surface area contributed by atoms with Gasteiger partial charge in [0.1, 0.15) is 5.60 Å². The van der Waals surface area contributed by atoms with Gasteiger partial charge in [-0.05, 0) is 68.2 Å². The van der Waals surface area contributed by atoms with Gasteiger partial charge in [0.2, 0.25) is 4.34 Å². The molecule has 7 nitrogen and oxygen atoms in total. The average Bonchev–Trinajstić information content (AvgIpc) is 3.18. The maximum absolute atomic E-state index is 12.7. The Morgan fingerprint density at radius 2 is 2.00 bits per heavy atom. The van der Waals surface area contributed by atoms with Gasteiger partial charge in [0.05, 0.1) is 5.69 Å². The first kappa shape index (κ1) is 18.5. The molecule has 0 saturated heterocycles. The zero-order valence-electron chi connectivity index (χ0n) is 15.2. The summed E-state index contributed by atoms with van der Waals surface area (Å²) in [4.78, 5) is 16.6. The van der Waals surface area contributed by atoms with Crippen LogP contribution in [0.25, 0.3) is 0 Å². The lowest BCUT2D eigenvalue weighted by Crippen LogP contribution is -2.21. The SMILES string of the molecule is CC(C)(O)c1csc(S(N)(=O)=NC(=O)Nc2c3c(cc4c2CC4)CCC3)n1. The Balaban J connectivity index is 1.63. The third-order valence-electron chi connectivity index (χ3n) is 5.06. The van der Waals surface area contributed by atoms with Crippen LogP contribution in [0.5, 0.6) is 0 Å². The first-order chi connectivity index (χ1) is 12.6. The number of aromatic nitrogens is 1. The van der Waals surface area contributed by atoms with Gasteiger partial charge in [-0.3, -0.25) is 0 Å². The lowest BCUT2D eigenvalue weighted by Gasteiger charge is -2.25. The largest absolute Gasteiger partial charge is 0.384 e. The van der Waals surface area contributed by atoms with Crippen molar-refractivity contribution in [1.82, 2.24) is 4.98 Å². The van der Waals surface area contributed by atoms with Crippen LogP contribution in [0.15, 0.2) is 20.1 Å². The normalized spacial score (nSPS) is 17.5. The maximum Gasteiger partial charge on any atom is 0.354 e. The summed E-state index contributed by atoms with van der Waals surface area (Å²) in [7, 11) is -3.48. The number of hydrogen-bond donors (Lipinski definition) is 3. The van der Waals surface area contributed by atoms with E-state index in [1.807, 2.05) is 0 Å². The number of anilines is 1. The highest BCUT2D eigenvalue weighted by Gasteiger charge is 2.27. The molecule has 0 radical (unpaired) electrons. The van der Waals surface area contributed by atoms with Crippen LogP contribution in [0, 0.1) is 0 Å². The van der Waals surface area contributed by atoms with Crippen LogP contribution >= 0.6 is 11.3 Å². The van der Waals surface area contributed by atoms with Crippen LogP contribution in [-0.2, 0) is 41.2 Å². The minimum atomic E-state index is -3.48. The van der Waals surface area contributed by atoms with Crippen molar-refractivity contribution in [3.05, 3.63) is 39.4 Å². The fraction of sp³-hybridized carbons (Fsp3) is 0.444. The molecule has 4 rings (SSSR count). The molecule has 0 bridgehead atoms. The summed E-state index contributed by atoms with van der Waals surface area (Å²) in [5.74, 6) is 0. The Kier molecular flexibility index (Phi) is 4.38. The van der Waals surface area contributed by atoms with Crippen molar-refractivity contribution < 1.29 is 14.1 Å². The summed E-state index contributed by atoms with van der Waals surface area (Å²) >= 11 is 1.02. The minimum absolute atomic E-state index is 0.0288. The zero-order chi connectivity index (χ0) is 19.4. The quantitative estimate of drug-likeness (QED) is 0.726. The van der Waals surface area contributed by atoms with Gasteiger partial charge >= 0.3 is 6.03 Å². The summed E-state index contributed by atoms with van der Waals surface area (Å²) in [5.41, 5.74) is 4.87. The van der Waals surface area contributed by atoms with E-state index in [1.54, 1.807) is 19.2 Å². The molecule has 0 saturated carbocycles. The standard InChI is InChI=1S/C18H22N4O3S2/c1-18(2,24)14-9-26-17(20-14)27(19,25)22-16(23)21-15-12-5-3-4-10(12)8-11-6-7-13(11)15/h8-9,24H,3-7H2,1-2H3,(H3,19,21,22,23,25). The second-order valence-corrected chi connectivity index (χ2v) is 10.4. The molecule has 9 heteroatoms. The number of urea groups is 1. The number of carbonyl (C=O) groups is 1. The average molecular weight is 407 g/mol. The van der Waals surface area contributed by atoms with Crippen LogP contribution < -0.4 is 10.5 Å². The molecule has 1 unspecified atom stereocenters. The van der Waals surface area contributed by atoms with Crippen molar-refractivity contribution in [2.45, 2.75) is 55.9 Å². The molecule has 144 valence electrons. The fourth-order valence-electron chi connectivity index (χ4n) is 3.56. The number of fused-ring (bicyclic) bond motifs is 2. The number of aryl methyl sites for hydroxylation is 2. The first-order valence-electron chi connectivity index (χ1n) is 8.86. The lowest BCUT2D eigenvalue weighted by atomic mass is 9.83. The minimum Gasteiger partial charge on any atom is -0.384 e. The van der Waals surface area contributed by atoms with E-state index >= 15 is 0 Å². The summed E-state index contributed by atoms with van der Waals surface area (Å²) in [6, 6.07) is 1.52. The molecule has 1 heterocycles. The monoisotopic (exact) mass is 406 g/mol. The topological polar surface area (TPSA) is 118 Å². The van der Waals surface area contributed by atoms with Gasteiger partial charge in [-0.2, -0.15) is 0 Å². The van der Waals surface area contributed by atoms with Crippen molar-refractivity contribution in [1.29, 1.82) is 0 Å². The highest BCUT2D eigenvalue weighted by molar-refractivity contribution is 7.93. The van der Waals surface area contributed by atoms with Gasteiger partial charge in [0, 0.05) is 11.1 Å². The Labute approximate surface area is 162 Å². The van der Waals surface area contributed by atoms with Crippen molar-refractivity contribution in [3.8, 4) is 0 Å². The number of benzene rings is 1. The number of amides is 2. The molecule has 1 aromatic carbocycles. The summed E-state index contributed by atoms with van der Waals surface area (Å²) in [6.07, 6.45) is 4.98. The summed E-state index contributed by atoms with van der Waals surface area (Å²) in [5, 5.41) is 20.2. The number of hydrogen-bond acceptors (Lipinski definition) is 5. The molecule has 2 amide bonds. The maximum atomic E-state index is 12.7. The second-order valence-electron chi connectivity index (χ2n) is 7.53. The van der Waals surface area contributed by atoms with Gasteiger partial charge in [0.15, 0.2) is 9.92 Å². The predicted octanol–water partition coefficient (Wildman–Crippen LogP) is 2.89. The van der Waals surface area contributed by atoms with Crippen LogP contribution in [0.1, 0.15) is 48.2 Å². The van der Waals surface area contributed by atoms with E-state index < -0.39 is 21.5 Å². The van der Waals surface area contributed by atoms with E-state index in [2.05, 4.69) is 20.7 Å². The van der Waals surface area contributed by atoms with Crippen LogP contribution in [-0.4, -0.2) is 20.3 Å². The highest BCUT2D eigenvalue weighted by Crippen LogP contribution is 2.39. The number of thiazole rings is 1. The van der Waals surface area contributed by atoms with Gasteiger partial charge in [-0.1, -0.05) is 6.07 Å². The van der Waals surface area contributed by atoms with E-state index in [0.29, 0.717) is 5.69 Å². The van der Waals surface area contributed by atoms with E-state index in [-0.39, 0.29) is 4.34 Å². The number of nitrogens with two attached hydrogens (primary N) is 1. The molecule has 2 aromatic rings. The molecule has 2 aliphatic carbocycles. The number of aliphatic hydroxyl groups is 1. The van der Waals surface area contributed by atoms with Gasteiger partial charge in [-0.15, -0.1) is 15.7 Å². The summed E-state index contributed by atoms with van der Waals surface area (Å²) < 4.78 is 16.5. The van der Waals surface area contributed by atoms with E-state index in [4.69, 9.17) is 5.14 Å². The molecule has 0 fully saturated rings. The number of carbonyl (C=O) groups excluding carboxylic acids is 1. The molecule has 2 aliphatic rings. The predicted molar refractivity (Wildman–Crippen MR) is 105 cm³/mol. The number of nitrogens with zero attached hydrogens (tertiary/aromatic N) is 2. The molecule has 4 N–H and O–H groups in total. The van der Waals surface area contributed by atoms with Crippen molar-refractivity contribution in [2.75, 3.05) is 5.32 Å². The second kappa shape index (κ2) is 6.37. The molecule has 1 atom stereocenters. The Bertz CT molecular complexity index is 1060. The smallest absolute Gasteiger partial charge is 0.354 e. The molecular formula is C18H22N4O3S2. The molecule has 0 aliphatic heterocycles. The Morgan fingerprint density at radius 3 is 2.63 bits per heavy atom. The molecular weight excluding hydrogens is 384 g/mol. The third-order valence-corrected chi connectivity index (χ3v) is 7.72. The zero-order valence-corrected chi connectivity index (χ0v) is 16.9. The fourth-order valence-corrected chi connectivity index (χ4v) is 5.67. The van der Waals surface area contributed by atoms with E-state index in [0.717, 1.165) is 54.7 Å².